The van der Waals surface area contributed by atoms with E-state index < -0.39 is 23.3 Å². The van der Waals surface area contributed by atoms with Crippen LogP contribution < -0.4 is 20.5 Å². The lowest BCUT2D eigenvalue weighted by Gasteiger charge is -2.26. The van der Waals surface area contributed by atoms with E-state index in [2.05, 4.69) is 15.0 Å². The van der Waals surface area contributed by atoms with Crippen LogP contribution in [0.2, 0.25) is 5.02 Å². The van der Waals surface area contributed by atoms with E-state index in [1.165, 1.54) is 31.5 Å². The fraction of sp³-hybridized carbons (Fsp3) is 0.231. The summed E-state index contributed by atoms with van der Waals surface area (Å²) >= 11 is 6.14. The minimum atomic E-state index is -1.07. The van der Waals surface area contributed by atoms with E-state index in [1.807, 2.05) is 13.8 Å². The van der Waals surface area contributed by atoms with Crippen LogP contribution in [-0.4, -0.2) is 33.7 Å². The van der Waals surface area contributed by atoms with Gasteiger partial charge in [-0.25, -0.2) is 9.37 Å². The summed E-state index contributed by atoms with van der Waals surface area (Å²) in [5.74, 6) is -0.984. The molecular weight excluding hydrogens is 513 g/mol. The van der Waals surface area contributed by atoms with E-state index in [0.717, 1.165) is 11.0 Å². The Morgan fingerprint density at radius 1 is 1.34 bits per heavy atom. The topological polar surface area (TPSA) is 152 Å². The van der Waals surface area contributed by atoms with Gasteiger partial charge in [0, 0.05) is 12.1 Å². The summed E-state index contributed by atoms with van der Waals surface area (Å²) in [4.78, 5) is 38.5. The summed E-state index contributed by atoms with van der Waals surface area (Å²) < 4.78 is 20.2. The Morgan fingerprint density at radius 3 is 2.71 bits per heavy atom. The Morgan fingerprint density at radius 2 is 2.08 bits per heavy atom. The molecular formula is C26H24ClFN7O3+. The fourth-order valence-corrected chi connectivity index (χ4v) is 4.50. The Bertz CT molecular complexity index is 1590. The molecule has 2 aromatic heterocycles. The second-order valence-corrected chi connectivity index (χ2v) is 9.32. The van der Waals surface area contributed by atoms with Gasteiger partial charge in [0.2, 0.25) is 5.69 Å². The number of rotatable bonds is 6. The molecule has 0 bridgehead atoms. The van der Waals surface area contributed by atoms with Gasteiger partial charge in [0.05, 0.1) is 35.5 Å². The molecule has 10 nitrogen and oxygen atoms in total. The molecule has 0 saturated carbocycles. The van der Waals surface area contributed by atoms with E-state index in [9.17, 15) is 19.2 Å². The number of quaternary nitrogens is 1. The SMILES string of the molecule is COc1nc(C)ncc1[NH2+]/C(=C1\C(=N)C(=O)N(c2cc(Cl)c[nH]c2=O)C1c1ccc(C#N)c(F)c1)C(C)C. The highest BCUT2D eigenvalue weighted by Crippen LogP contribution is 2.41. The number of nitriles is 1. The van der Waals surface area contributed by atoms with Crippen LogP contribution in [0, 0.1) is 35.4 Å². The highest BCUT2D eigenvalue weighted by Gasteiger charge is 2.47. The van der Waals surface area contributed by atoms with Crippen LogP contribution in [-0.2, 0) is 4.79 Å². The number of carbonyl (C=O) groups excluding carboxylic acids is 1. The molecule has 3 heterocycles. The Kier molecular flexibility index (Phi) is 7.39. The number of nitrogens with two attached hydrogens (primary N) is 1. The first-order valence-corrected chi connectivity index (χ1v) is 11.9. The number of methoxy groups -OCH3 is 1. The molecule has 194 valence electrons. The van der Waals surface area contributed by atoms with Crippen LogP contribution in [0.15, 0.2) is 52.7 Å². The van der Waals surface area contributed by atoms with Crippen LogP contribution in [0.25, 0.3) is 0 Å². The zero-order valence-corrected chi connectivity index (χ0v) is 21.7. The molecule has 1 unspecified atom stereocenters. The molecule has 1 amide bonds. The molecule has 1 aliphatic rings. The van der Waals surface area contributed by atoms with Crippen molar-refractivity contribution in [2.24, 2.45) is 5.92 Å². The molecule has 4 N–H and O–H groups in total. The van der Waals surface area contributed by atoms with Gasteiger partial charge in [0.15, 0.2) is 0 Å². The predicted molar refractivity (Wildman–Crippen MR) is 138 cm³/mol. The highest BCUT2D eigenvalue weighted by atomic mass is 35.5. The summed E-state index contributed by atoms with van der Waals surface area (Å²) in [6.45, 7) is 5.47. The van der Waals surface area contributed by atoms with Gasteiger partial charge in [-0.3, -0.25) is 25.2 Å². The zero-order chi connectivity index (χ0) is 27.7. The molecule has 0 radical (unpaired) electrons. The molecule has 12 heteroatoms. The van der Waals surface area contributed by atoms with Gasteiger partial charge in [0.25, 0.3) is 17.3 Å². The number of aromatic nitrogens is 3. The Hall–Kier alpha value is -4.40. The third kappa shape index (κ3) is 4.79. The summed E-state index contributed by atoms with van der Waals surface area (Å²) in [6, 6.07) is 5.95. The van der Waals surface area contributed by atoms with Gasteiger partial charge in [-0.15, -0.1) is 0 Å². The van der Waals surface area contributed by atoms with Crippen molar-refractivity contribution in [1.82, 2.24) is 15.0 Å². The smallest absolute Gasteiger partial charge is 0.280 e. The lowest BCUT2D eigenvalue weighted by atomic mass is 9.92. The van der Waals surface area contributed by atoms with Crippen LogP contribution >= 0.6 is 11.6 Å². The van der Waals surface area contributed by atoms with Crippen molar-refractivity contribution in [3.05, 3.63) is 86.1 Å². The lowest BCUT2D eigenvalue weighted by Crippen LogP contribution is -2.77. The number of hydrogen-bond donors (Lipinski definition) is 3. The quantitative estimate of drug-likeness (QED) is 0.440. The summed E-state index contributed by atoms with van der Waals surface area (Å²) in [5, 5.41) is 19.9. The Balaban J connectivity index is 2.01. The normalized spacial score (nSPS) is 16.7. The van der Waals surface area contributed by atoms with Crippen molar-refractivity contribution >= 4 is 34.6 Å². The first kappa shape index (κ1) is 26.7. The van der Waals surface area contributed by atoms with Crippen LogP contribution in [0.5, 0.6) is 5.88 Å². The number of nitrogens with one attached hydrogen (secondary N) is 2. The van der Waals surface area contributed by atoms with E-state index in [4.69, 9.17) is 21.7 Å². The van der Waals surface area contributed by atoms with Crippen molar-refractivity contribution < 1.29 is 19.2 Å². The van der Waals surface area contributed by atoms with Crippen molar-refractivity contribution in [3.8, 4) is 11.9 Å². The first-order chi connectivity index (χ1) is 18.1. The summed E-state index contributed by atoms with van der Waals surface area (Å²) in [5.41, 5.74) is 0.342. The number of carbonyl (C=O) groups is 1. The highest BCUT2D eigenvalue weighted by molar-refractivity contribution is 6.52. The number of anilines is 1. The molecule has 1 atom stereocenters. The van der Waals surface area contributed by atoms with Crippen molar-refractivity contribution in [1.29, 1.82) is 10.7 Å². The number of allylic oxidation sites excluding steroid dienone is 1. The average molecular weight is 537 g/mol. The third-order valence-corrected chi connectivity index (χ3v) is 6.33. The number of ether oxygens (including phenoxy) is 1. The summed E-state index contributed by atoms with van der Waals surface area (Å²) in [6.07, 6.45) is 2.85. The minimum Gasteiger partial charge on any atom is -0.477 e. The molecule has 1 aliphatic heterocycles. The number of amides is 1. The number of nitrogens with zero attached hydrogens (tertiary/aromatic N) is 4. The van der Waals surface area contributed by atoms with Gasteiger partial charge in [-0.1, -0.05) is 31.5 Å². The molecule has 1 fully saturated rings. The predicted octanol–water partition coefficient (Wildman–Crippen LogP) is 3.06. The second-order valence-electron chi connectivity index (χ2n) is 8.89. The van der Waals surface area contributed by atoms with E-state index in [1.54, 1.807) is 24.5 Å². The molecule has 1 aromatic carbocycles. The lowest BCUT2D eigenvalue weighted by molar-refractivity contribution is -0.526. The maximum atomic E-state index is 14.8. The molecule has 0 spiro atoms. The maximum absolute atomic E-state index is 14.8. The number of benzene rings is 1. The standard InChI is InChI=1S/C26H23ClFN7O3/c1-12(2)22(34-18-11-31-13(3)33-25(18)38-4)20-21(30)26(37)35(19-8-16(27)10-32-24(19)36)23(20)14-5-6-15(9-29)17(28)7-14/h5-8,10-12,23,30,34H,1-4H3,(H,32,36)/p+1/b22-20+,30-21?. The third-order valence-electron chi connectivity index (χ3n) is 6.11. The fourth-order valence-electron chi connectivity index (χ4n) is 4.35. The largest absolute Gasteiger partial charge is 0.477 e. The van der Waals surface area contributed by atoms with E-state index in [0.29, 0.717) is 23.1 Å². The van der Waals surface area contributed by atoms with Gasteiger partial charge < -0.3 is 9.72 Å². The molecule has 4 rings (SSSR count). The first-order valence-electron chi connectivity index (χ1n) is 11.5. The second kappa shape index (κ2) is 10.5. The average Bonchev–Trinajstić information content (AvgIpc) is 3.14. The maximum Gasteiger partial charge on any atom is 0.280 e. The monoisotopic (exact) mass is 536 g/mol. The van der Waals surface area contributed by atoms with Crippen LogP contribution in [0.1, 0.15) is 36.8 Å². The molecule has 38 heavy (non-hydrogen) atoms. The number of halogens is 2. The van der Waals surface area contributed by atoms with E-state index in [-0.39, 0.29) is 39.0 Å². The number of hydrogen-bond acceptors (Lipinski definition) is 7. The number of H-pyrrole nitrogens is 1. The summed E-state index contributed by atoms with van der Waals surface area (Å²) in [7, 11) is 1.47. The van der Waals surface area contributed by atoms with E-state index >= 15 is 0 Å². The Labute approximate surface area is 222 Å². The van der Waals surface area contributed by atoms with Gasteiger partial charge >= 0.3 is 0 Å². The zero-order valence-electron chi connectivity index (χ0n) is 21.0. The number of aromatic amines is 1. The number of aryl methyl sites for hydroxylation is 1. The van der Waals surface area contributed by atoms with Gasteiger partial charge in [0.1, 0.15) is 34.8 Å². The van der Waals surface area contributed by atoms with Crippen molar-refractivity contribution in [2.45, 2.75) is 26.8 Å². The molecule has 0 aliphatic carbocycles. The molecule has 3 aromatic rings. The van der Waals surface area contributed by atoms with Gasteiger partial charge in [-0.2, -0.15) is 10.2 Å². The minimum absolute atomic E-state index is 0.101. The van der Waals surface area contributed by atoms with Crippen molar-refractivity contribution in [3.63, 3.8) is 0 Å². The van der Waals surface area contributed by atoms with Crippen LogP contribution in [0.4, 0.5) is 15.8 Å². The van der Waals surface area contributed by atoms with Gasteiger partial charge in [-0.05, 0) is 30.7 Å². The van der Waals surface area contributed by atoms with Crippen LogP contribution in [0.3, 0.4) is 0 Å². The molecule has 1 saturated heterocycles. The van der Waals surface area contributed by atoms with Crippen molar-refractivity contribution in [2.75, 3.05) is 12.0 Å². The number of pyridine rings is 1.